The lowest BCUT2D eigenvalue weighted by molar-refractivity contribution is -0.142. The summed E-state index contributed by atoms with van der Waals surface area (Å²) in [6, 6.07) is 7.61. The number of guanidine groups is 1. The number of aromatic nitrogens is 1. The number of benzene rings is 3. The standard InChI is InChI=1S/C63H89N15O13S4/c1-5-34(4)51(77-59(87)50(33(2)3)76-58(86)49-18-12-24-78(49)61(89)48(32-95)75-57(85)45(29-92)72-52(80)40(64)25-35-13-7-6-8-14-35)60(88)69-42(17-11-23-67-63(65)66)53(81)70-43(26-36-19-21-38(79)22-20-36)54(82)73-47(31-94)56(84)74-46(30-93)55(83)71-44(62(90)91)27-37-28-68-41-16-10-9-15-39(37)41/h6-10,13-16,19-22,28,33-34,40,42-51,68,79,92-95H,5,11-12,17-18,23-27,29-32,64H2,1-4H3,(H,69,88)(H,70,81)(H,71,83)(H,72,80)(H,73,82)(H,74,84)(H,75,85)(H,76,86)(H,77,87)(H,90,91)(H4,65,66,67)/t34-,40-,42-,43-,44-,45-,46-,47-,48-,49-,50-,51-/m0/s1. The molecule has 18 N–H and O–H groups in total. The Balaban J connectivity index is 1.29. The third-order valence-electron chi connectivity index (χ3n) is 16.1. The number of carboxylic acids is 1. The fraction of sp³-hybridized carbons (Fsp3) is 0.492. The Morgan fingerprint density at radius 3 is 1.66 bits per heavy atom. The summed E-state index contributed by atoms with van der Waals surface area (Å²) < 4.78 is 0. The molecule has 0 radical (unpaired) electrons. The maximum Gasteiger partial charge on any atom is 0.326 e. The van der Waals surface area contributed by atoms with Crippen molar-refractivity contribution in [3.8, 4) is 5.75 Å². The van der Waals surface area contributed by atoms with Gasteiger partial charge in [-0.25, -0.2) is 4.79 Å². The Bertz CT molecular complexity index is 3330. The maximum atomic E-state index is 14.7. The van der Waals surface area contributed by atoms with E-state index in [9.17, 15) is 63.0 Å². The third-order valence-corrected chi connectivity index (χ3v) is 17.5. The van der Waals surface area contributed by atoms with Crippen LogP contribution in [-0.2, 0) is 72.0 Å². The molecule has 1 aromatic heterocycles. The molecule has 32 heteroatoms. The number of carbonyl (C=O) groups excluding carboxylic acids is 10. The summed E-state index contributed by atoms with van der Waals surface area (Å²) in [7, 11) is 0. The normalized spacial score (nSPS) is 16.3. The van der Waals surface area contributed by atoms with E-state index < -0.39 is 143 Å². The highest BCUT2D eigenvalue weighted by molar-refractivity contribution is 7.80. The Labute approximate surface area is 573 Å². The molecule has 0 saturated carbocycles. The summed E-state index contributed by atoms with van der Waals surface area (Å²) in [5.74, 6) is -11.7. The largest absolute Gasteiger partial charge is 0.508 e. The average molecular weight is 1390 g/mol. The molecule has 1 aliphatic rings. The number of carbonyl (C=O) groups is 11. The molecule has 5 rings (SSSR count). The number of fused-ring (bicyclic) bond motifs is 1. The highest BCUT2D eigenvalue weighted by atomic mass is 32.1. The Kier molecular flexibility index (Phi) is 31.3. The van der Waals surface area contributed by atoms with Gasteiger partial charge in [-0.15, -0.1) is 0 Å². The van der Waals surface area contributed by atoms with Crippen LogP contribution in [0.2, 0.25) is 0 Å². The van der Waals surface area contributed by atoms with Gasteiger partial charge in [-0.3, -0.25) is 52.9 Å². The van der Waals surface area contributed by atoms with Crippen LogP contribution in [-0.4, -0.2) is 194 Å². The summed E-state index contributed by atoms with van der Waals surface area (Å²) in [5, 5.41) is 44.6. The first kappa shape index (κ1) is 77.5. The molecule has 1 saturated heterocycles. The molecule has 95 heavy (non-hydrogen) atoms. The van der Waals surface area contributed by atoms with Crippen LogP contribution in [0.15, 0.2) is 90.1 Å². The lowest BCUT2D eigenvalue weighted by Gasteiger charge is -2.32. The fourth-order valence-electron chi connectivity index (χ4n) is 10.4. The van der Waals surface area contributed by atoms with Gasteiger partial charge < -0.3 is 85.1 Å². The number of thiol groups is 4. The molecule has 0 bridgehead atoms. The van der Waals surface area contributed by atoms with E-state index in [4.69, 9.17) is 17.2 Å². The number of hydrogen-bond acceptors (Lipinski definition) is 18. The highest BCUT2D eigenvalue weighted by Crippen LogP contribution is 2.22. The number of hydrogen-bond donors (Lipinski definition) is 19. The minimum Gasteiger partial charge on any atom is -0.508 e. The van der Waals surface area contributed by atoms with Crippen LogP contribution in [0.1, 0.15) is 76.5 Å². The summed E-state index contributed by atoms with van der Waals surface area (Å²) in [4.78, 5) is 161. The predicted molar refractivity (Wildman–Crippen MR) is 371 cm³/mol. The molecule has 1 aliphatic heterocycles. The quantitative estimate of drug-likeness (QED) is 0.0113. The number of aromatic hydroxyl groups is 1. The first-order chi connectivity index (χ1) is 45.2. The lowest BCUT2D eigenvalue weighted by Crippen LogP contribution is -2.62. The zero-order valence-corrected chi connectivity index (χ0v) is 56.9. The van der Waals surface area contributed by atoms with Gasteiger partial charge in [0.25, 0.3) is 0 Å². The van der Waals surface area contributed by atoms with E-state index in [1.807, 2.05) is 30.3 Å². The maximum absolute atomic E-state index is 14.7. The topological polar surface area (TPSA) is 446 Å². The number of amides is 10. The van der Waals surface area contributed by atoms with Gasteiger partial charge >= 0.3 is 5.97 Å². The van der Waals surface area contributed by atoms with Crippen molar-refractivity contribution in [2.45, 2.75) is 146 Å². The Morgan fingerprint density at radius 1 is 0.589 bits per heavy atom. The number of H-pyrrole nitrogens is 1. The molecule has 518 valence electrons. The van der Waals surface area contributed by atoms with Crippen LogP contribution in [0.25, 0.3) is 10.9 Å². The van der Waals surface area contributed by atoms with Gasteiger partial charge in [-0.05, 0) is 78.8 Å². The number of aliphatic carboxylic acids is 1. The number of phenols is 1. The number of carboxylic acid groups (broad SMARTS) is 1. The van der Waals surface area contributed by atoms with Crippen molar-refractivity contribution >= 4 is 132 Å². The molecule has 0 aliphatic carbocycles. The number of nitrogens with one attached hydrogen (secondary N) is 10. The SMILES string of the molecule is CC[C@H](C)[C@H](NC(=O)[C@@H](NC(=O)[C@@H]1CCCN1C(=O)[C@H](CS)NC(=O)[C@H](CS)NC(=O)[C@@H](N)Cc1ccccc1)C(C)C)C(=O)N[C@@H](CCCN=C(N)N)C(=O)N[C@@H](Cc1ccc(O)cc1)C(=O)N[C@@H](CS)C(=O)N[C@@H](CS)C(=O)N[C@@H](Cc1c[nH]c2ccccc12)C(=O)O. The van der Waals surface area contributed by atoms with E-state index in [1.165, 1.54) is 29.2 Å². The van der Waals surface area contributed by atoms with Gasteiger partial charge in [0.2, 0.25) is 59.1 Å². The second-order valence-electron chi connectivity index (χ2n) is 23.5. The molecule has 2 heterocycles. The van der Waals surface area contributed by atoms with Crippen LogP contribution >= 0.6 is 50.5 Å². The molecule has 10 amide bonds. The van der Waals surface area contributed by atoms with Crippen molar-refractivity contribution in [2.75, 3.05) is 36.1 Å². The number of phenolic OH excluding ortho intramolecular Hbond substituents is 1. The Hall–Kier alpha value is -8.20. The number of aliphatic imine (C=N–C) groups is 1. The van der Waals surface area contributed by atoms with E-state index in [2.05, 4.69) is 108 Å². The summed E-state index contributed by atoms with van der Waals surface area (Å²) in [6.07, 6.45) is 2.39. The van der Waals surface area contributed by atoms with Crippen LogP contribution in [0, 0.1) is 11.8 Å². The van der Waals surface area contributed by atoms with Gasteiger partial charge in [-0.1, -0.05) is 94.8 Å². The minimum atomic E-state index is -1.50. The van der Waals surface area contributed by atoms with E-state index in [0.29, 0.717) is 24.0 Å². The van der Waals surface area contributed by atoms with Gasteiger partial charge in [0.1, 0.15) is 66.2 Å². The van der Waals surface area contributed by atoms with Crippen LogP contribution in [0.5, 0.6) is 5.75 Å². The summed E-state index contributed by atoms with van der Waals surface area (Å²) in [5.41, 5.74) is 20.0. The van der Waals surface area contributed by atoms with Crippen molar-refractivity contribution in [3.05, 3.63) is 102 Å². The second kappa shape index (κ2) is 38.4. The fourth-order valence-corrected chi connectivity index (χ4v) is 11.5. The number of para-hydroxylation sites is 1. The van der Waals surface area contributed by atoms with Crippen molar-refractivity contribution in [3.63, 3.8) is 0 Å². The molecule has 0 spiro atoms. The summed E-state index contributed by atoms with van der Waals surface area (Å²) >= 11 is 17.1. The molecule has 4 aromatic rings. The minimum absolute atomic E-state index is 0.00141. The Morgan fingerprint density at radius 2 is 1.09 bits per heavy atom. The van der Waals surface area contributed by atoms with E-state index in [1.54, 1.807) is 58.2 Å². The number of likely N-dealkylation sites (tertiary alicyclic amines) is 1. The highest BCUT2D eigenvalue weighted by Gasteiger charge is 2.41. The third kappa shape index (κ3) is 23.3. The van der Waals surface area contributed by atoms with Crippen LogP contribution in [0.3, 0.4) is 0 Å². The van der Waals surface area contributed by atoms with Gasteiger partial charge in [0, 0.05) is 66.0 Å². The lowest BCUT2D eigenvalue weighted by atomic mass is 9.95. The zero-order chi connectivity index (χ0) is 70.1. The number of aromatic amines is 1. The van der Waals surface area contributed by atoms with Crippen molar-refractivity contribution in [1.82, 2.24) is 57.7 Å². The van der Waals surface area contributed by atoms with E-state index in [-0.39, 0.29) is 86.3 Å². The average Bonchev–Trinajstić information content (AvgIpc) is 2.26. The van der Waals surface area contributed by atoms with Gasteiger partial charge in [0.05, 0.1) is 6.04 Å². The van der Waals surface area contributed by atoms with Gasteiger partial charge in [0.15, 0.2) is 5.96 Å². The monoisotopic (exact) mass is 1390 g/mol. The van der Waals surface area contributed by atoms with E-state index in [0.717, 1.165) is 16.5 Å². The zero-order valence-electron chi connectivity index (χ0n) is 53.3. The van der Waals surface area contributed by atoms with Crippen molar-refractivity contribution in [1.29, 1.82) is 0 Å². The number of nitrogens with two attached hydrogens (primary N) is 3. The predicted octanol–water partition coefficient (Wildman–Crippen LogP) is -0.858. The number of nitrogens with zero attached hydrogens (tertiary/aromatic N) is 2. The first-order valence-electron chi connectivity index (χ1n) is 31.1. The van der Waals surface area contributed by atoms with Crippen LogP contribution < -0.4 is 65.1 Å². The molecule has 0 unspecified atom stereocenters. The number of rotatable bonds is 37. The molecule has 3 aromatic carbocycles. The smallest absolute Gasteiger partial charge is 0.326 e. The molecule has 28 nitrogen and oxygen atoms in total. The van der Waals surface area contributed by atoms with E-state index >= 15 is 0 Å². The van der Waals surface area contributed by atoms with Gasteiger partial charge in [-0.2, -0.15) is 50.5 Å². The second-order valence-corrected chi connectivity index (χ2v) is 24.9. The van der Waals surface area contributed by atoms with Crippen molar-refractivity contribution < 1.29 is 63.0 Å². The summed E-state index contributed by atoms with van der Waals surface area (Å²) in [6.45, 7) is 6.90. The molecule has 1 fully saturated rings. The van der Waals surface area contributed by atoms with Crippen molar-refractivity contribution in [2.24, 2.45) is 34.0 Å². The van der Waals surface area contributed by atoms with Crippen LogP contribution in [0.4, 0.5) is 0 Å². The molecular formula is C63H89N15O13S4. The molecular weight excluding hydrogens is 1300 g/mol. The first-order valence-corrected chi connectivity index (χ1v) is 33.6. The molecule has 12 atom stereocenters.